The Morgan fingerprint density at radius 2 is 1.78 bits per heavy atom. The largest absolute Gasteiger partial charge is 0.482 e. The zero-order valence-electron chi connectivity index (χ0n) is 13.6. The number of likely N-dealkylation sites (N-methyl/N-ethyl adjacent to an activating group) is 1. The molecule has 7 heteroatoms. The van der Waals surface area contributed by atoms with E-state index in [1.54, 1.807) is 13.0 Å². The predicted molar refractivity (Wildman–Crippen MR) is 84.1 cm³/mol. The van der Waals surface area contributed by atoms with Crippen LogP contribution in [0.15, 0.2) is 18.2 Å². The van der Waals surface area contributed by atoms with Crippen molar-refractivity contribution < 1.29 is 23.9 Å². The van der Waals surface area contributed by atoms with Crippen LogP contribution < -0.4 is 15.4 Å². The van der Waals surface area contributed by atoms with Crippen LogP contribution in [0.5, 0.6) is 5.75 Å². The average molecular weight is 322 g/mol. The molecular weight excluding hydrogens is 300 g/mol. The Labute approximate surface area is 135 Å². The molecule has 0 atom stereocenters. The van der Waals surface area contributed by atoms with E-state index in [0.717, 1.165) is 11.1 Å². The van der Waals surface area contributed by atoms with Crippen LogP contribution in [0.3, 0.4) is 0 Å². The summed E-state index contributed by atoms with van der Waals surface area (Å²) in [7, 11) is 0. The quantitative estimate of drug-likeness (QED) is 0.679. The van der Waals surface area contributed by atoms with E-state index in [1.165, 1.54) is 0 Å². The molecule has 0 aliphatic heterocycles. The molecule has 0 saturated carbocycles. The first kappa shape index (κ1) is 18.5. The van der Waals surface area contributed by atoms with Gasteiger partial charge in [0.25, 0.3) is 5.91 Å². The number of carbonyl (C=O) groups excluding carboxylic acids is 3. The van der Waals surface area contributed by atoms with Gasteiger partial charge in [0.1, 0.15) is 5.75 Å². The molecule has 0 spiro atoms. The average Bonchev–Trinajstić information content (AvgIpc) is 2.52. The van der Waals surface area contributed by atoms with Crippen LogP contribution in [0.1, 0.15) is 18.1 Å². The third-order valence-corrected chi connectivity index (χ3v) is 3.08. The number of carbonyl (C=O) groups is 3. The second-order valence-electron chi connectivity index (χ2n) is 4.88. The van der Waals surface area contributed by atoms with Gasteiger partial charge in [0.15, 0.2) is 13.2 Å². The number of hydrogen-bond donors (Lipinski definition) is 2. The first-order valence-corrected chi connectivity index (χ1v) is 7.32. The van der Waals surface area contributed by atoms with Gasteiger partial charge in [0.05, 0.1) is 6.54 Å². The third-order valence-electron chi connectivity index (χ3n) is 3.08. The standard InChI is InChI=1S/C16H22N2O5/c1-4-17-14(19)8-18-15(20)9-23-16(21)10-22-13-7-5-6-11(2)12(13)3/h5-7H,4,8-10H2,1-3H3,(H,17,19)(H,18,20). The van der Waals surface area contributed by atoms with Crippen LogP contribution in [0.2, 0.25) is 0 Å². The highest BCUT2D eigenvalue weighted by Crippen LogP contribution is 2.20. The van der Waals surface area contributed by atoms with Crippen molar-refractivity contribution in [1.82, 2.24) is 10.6 Å². The summed E-state index contributed by atoms with van der Waals surface area (Å²) >= 11 is 0. The lowest BCUT2D eigenvalue weighted by Crippen LogP contribution is -2.38. The highest BCUT2D eigenvalue weighted by atomic mass is 16.6. The van der Waals surface area contributed by atoms with Gasteiger partial charge in [-0.1, -0.05) is 12.1 Å². The molecule has 0 radical (unpaired) electrons. The Balaban J connectivity index is 2.27. The maximum absolute atomic E-state index is 11.6. The molecule has 0 saturated heterocycles. The molecule has 23 heavy (non-hydrogen) atoms. The molecule has 126 valence electrons. The molecule has 1 rings (SSSR count). The SMILES string of the molecule is CCNC(=O)CNC(=O)COC(=O)COc1cccc(C)c1C. The molecule has 0 aromatic heterocycles. The maximum Gasteiger partial charge on any atom is 0.344 e. The van der Waals surface area contributed by atoms with Gasteiger partial charge >= 0.3 is 5.97 Å². The van der Waals surface area contributed by atoms with Crippen molar-refractivity contribution >= 4 is 17.8 Å². The minimum atomic E-state index is -0.654. The van der Waals surface area contributed by atoms with E-state index < -0.39 is 18.5 Å². The van der Waals surface area contributed by atoms with E-state index in [2.05, 4.69) is 10.6 Å². The lowest BCUT2D eigenvalue weighted by molar-refractivity contribution is -0.150. The maximum atomic E-state index is 11.6. The number of hydrogen-bond acceptors (Lipinski definition) is 5. The van der Waals surface area contributed by atoms with Crippen molar-refractivity contribution in [2.45, 2.75) is 20.8 Å². The summed E-state index contributed by atoms with van der Waals surface area (Å²) in [5.41, 5.74) is 2.00. The van der Waals surface area contributed by atoms with E-state index in [4.69, 9.17) is 9.47 Å². The van der Waals surface area contributed by atoms with Crippen molar-refractivity contribution in [3.8, 4) is 5.75 Å². The fraction of sp³-hybridized carbons (Fsp3) is 0.438. The van der Waals surface area contributed by atoms with Gasteiger partial charge in [0.2, 0.25) is 5.91 Å². The molecule has 0 unspecified atom stereocenters. The molecule has 7 nitrogen and oxygen atoms in total. The van der Waals surface area contributed by atoms with E-state index >= 15 is 0 Å². The van der Waals surface area contributed by atoms with E-state index in [-0.39, 0.29) is 19.1 Å². The van der Waals surface area contributed by atoms with Crippen LogP contribution in [-0.4, -0.2) is 44.1 Å². The van der Waals surface area contributed by atoms with Crippen LogP contribution in [0, 0.1) is 13.8 Å². The fourth-order valence-electron chi connectivity index (χ4n) is 1.69. The van der Waals surface area contributed by atoms with Crippen molar-refractivity contribution in [2.24, 2.45) is 0 Å². The summed E-state index contributed by atoms with van der Waals surface area (Å²) in [6.45, 7) is 5.21. The van der Waals surface area contributed by atoms with Crippen molar-refractivity contribution in [3.63, 3.8) is 0 Å². The second kappa shape index (κ2) is 9.45. The molecule has 2 amide bonds. The van der Waals surface area contributed by atoms with Gasteiger partial charge in [-0.25, -0.2) is 4.79 Å². The monoisotopic (exact) mass is 322 g/mol. The zero-order valence-corrected chi connectivity index (χ0v) is 13.6. The number of amides is 2. The van der Waals surface area contributed by atoms with E-state index in [0.29, 0.717) is 12.3 Å². The van der Waals surface area contributed by atoms with Gasteiger partial charge < -0.3 is 20.1 Å². The molecule has 0 fully saturated rings. The summed E-state index contributed by atoms with van der Waals surface area (Å²) in [6, 6.07) is 5.53. The molecule has 0 aliphatic rings. The Morgan fingerprint density at radius 1 is 1.04 bits per heavy atom. The molecular formula is C16H22N2O5. The number of benzene rings is 1. The summed E-state index contributed by atoms with van der Waals surface area (Å²) in [5, 5.41) is 4.88. The smallest absolute Gasteiger partial charge is 0.344 e. The number of aryl methyl sites for hydroxylation is 1. The molecule has 0 aliphatic carbocycles. The van der Waals surface area contributed by atoms with Crippen LogP contribution >= 0.6 is 0 Å². The zero-order chi connectivity index (χ0) is 17.2. The molecule has 2 N–H and O–H groups in total. The Bertz CT molecular complexity index is 572. The first-order chi connectivity index (χ1) is 10.9. The molecule has 1 aromatic carbocycles. The fourth-order valence-corrected chi connectivity index (χ4v) is 1.69. The predicted octanol–water partition coefficient (Wildman–Crippen LogP) is 0.478. The number of esters is 1. The van der Waals surface area contributed by atoms with E-state index in [9.17, 15) is 14.4 Å². The summed E-state index contributed by atoms with van der Waals surface area (Å²) < 4.78 is 10.2. The highest BCUT2D eigenvalue weighted by Gasteiger charge is 2.10. The highest BCUT2D eigenvalue weighted by molar-refractivity contribution is 5.86. The van der Waals surface area contributed by atoms with Gasteiger partial charge in [-0.2, -0.15) is 0 Å². The number of nitrogens with one attached hydrogen (secondary N) is 2. The van der Waals surface area contributed by atoms with Crippen molar-refractivity contribution in [3.05, 3.63) is 29.3 Å². The summed E-state index contributed by atoms with van der Waals surface area (Å²) in [6.07, 6.45) is 0. The van der Waals surface area contributed by atoms with E-state index in [1.807, 2.05) is 26.0 Å². The Kier molecular flexibility index (Phi) is 7.59. The normalized spacial score (nSPS) is 9.87. The van der Waals surface area contributed by atoms with Crippen LogP contribution in [0.4, 0.5) is 0 Å². The lowest BCUT2D eigenvalue weighted by atomic mass is 10.1. The minimum absolute atomic E-state index is 0.150. The van der Waals surface area contributed by atoms with Gasteiger partial charge in [-0.3, -0.25) is 9.59 Å². The van der Waals surface area contributed by atoms with Crippen LogP contribution in [0.25, 0.3) is 0 Å². The summed E-state index contributed by atoms with van der Waals surface area (Å²) in [4.78, 5) is 34.1. The van der Waals surface area contributed by atoms with Crippen LogP contribution in [-0.2, 0) is 19.1 Å². The summed E-state index contributed by atoms with van der Waals surface area (Å²) in [5.74, 6) is -0.900. The van der Waals surface area contributed by atoms with Gasteiger partial charge in [-0.05, 0) is 38.0 Å². The topological polar surface area (TPSA) is 93.7 Å². The van der Waals surface area contributed by atoms with Crippen molar-refractivity contribution in [1.29, 1.82) is 0 Å². The Hall–Kier alpha value is -2.57. The van der Waals surface area contributed by atoms with Crippen molar-refractivity contribution in [2.75, 3.05) is 26.3 Å². The van der Waals surface area contributed by atoms with Gasteiger partial charge in [-0.15, -0.1) is 0 Å². The van der Waals surface area contributed by atoms with Gasteiger partial charge in [0, 0.05) is 6.54 Å². The first-order valence-electron chi connectivity index (χ1n) is 7.32. The second-order valence-corrected chi connectivity index (χ2v) is 4.88. The lowest BCUT2D eigenvalue weighted by Gasteiger charge is -2.10. The molecule has 0 bridgehead atoms. The molecule has 0 heterocycles. The Morgan fingerprint density at radius 3 is 2.48 bits per heavy atom. The minimum Gasteiger partial charge on any atom is -0.482 e. The third kappa shape index (κ3) is 6.82. The number of ether oxygens (including phenoxy) is 2. The number of rotatable bonds is 8. The molecule has 1 aromatic rings.